The summed E-state index contributed by atoms with van der Waals surface area (Å²) in [4.78, 5) is 0. The average molecular weight is 314 g/mol. The van der Waals surface area contributed by atoms with E-state index in [0.29, 0.717) is 6.61 Å². The Morgan fingerprint density at radius 3 is 2.94 bits per heavy atom. The van der Waals surface area contributed by atoms with Gasteiger partial charge < -0.3 is 14.8 Å². The molecule has 1 rings (SSSR count). The van der Waals surface area contributed by atoms with Crippen LogP contribution in [0.15, 0.2) is 35.3 Å². The summed E-state index contributed by atoms with van der Waals surface area (Å²) in [5.41, 5.74) is 1.12. The summed E-state index contributed by atoms with van der Waals surface area (Å²) in [5, 5.41) is 3.31. The maximum absolute atomic E-state index is 5.85. The van der Waals surface area contributed by atoms with Crippen molar-refractivity contribution in [2.75, 3.05) is 20.3 Å². The van der Waals surface area contributed by atoms with Gasteiger partial charge in [0.2, 0.25) is 0 Å². The maximum atomic E-state index is 5.85. The lowest BCUT2D eigenvalue weighted by Gasteiger charge is -2.16. The zero-order valence-corrected chi connectivity index (χ0v) is 12.5. The van der Waals surface area contributed by atoms with Crippen molar-refractivity contribution in [1.82, 2.24) is 5.32 Å². The molecule has 0 saturated heterocycles. The molecule has 0 fully saturated rings. The SMILES string of the molecule is C=CC(C)Oc1c(Br)cccc1CNCCOC. The van der Waals surface area contributed by atoms with Gasteiger partial charge in [-0.15, -0.1) is 0 Å². The molecule has 0 saturated carbocycles. The van der Waals surface area contributed by atoms with E-state index >= 15 is 0 Å². The van der Waals surface area contributed by atoms with Gasteiger partial charge in [-0.1, -0.05) is 24.8 Å². The lowest BCUT2D eigenvalue weighted by Crippen LogP contribution is -2.19. The number of hydrogen-bond acceptors (Lipinski definition) is 3. The van der Waals surface area contributed by atoms with Crippen molar-refractivity contribution in [1.29, 1.82) is 0 Å². The molecule has 0 aliphatic carbocycles. The van der Waals surface area contributed by atoms with Gasteiger partial charge >= 0.3 is 0 Å². The Balaban J connectivity index is 2.70. The molecule has 1 unspecified atom stereocenters. The first-order chi connectivity index (χ1) is 8.69. The molecule has 18 heavy (non-hydrogen) atoms. The summed E-state index contributed by atoms with van der Waals surface area (Å²) in [7, 11) is 1.70. The van der Waals surface area contributed by atoms with Crippen LogP contribution in [0.4, 0.5) is 0 Å². The summed E-state index contributed by atoms with van der Waals surface area (Å²) in [6, 6.07) is 6.03. The van der Waals surface area contributed by atoms with Crippen molar-refractivity contribution in [2.45, 2.75) is 19.6 Å². The molecule has 3 nitrogen and oxygen atoms in total. The Bertz CT molecular complexity index is 382. The Kier molecular flexibility index (Phi) is 7.01. The van der Waals surface area contributed by atoms with Crippen LogP contribution in [-0.4, -0.2) is 26.4 Å². The van der Waals surface area contributed by atoms with E-state index in [-0.39, 0.29) is 6.10 Å². The van der Waals surface area contributed by atoms with Crippen LogP contribution in [0.5, 0.6) is 5.75 Å². The number of benzene rings is 1. The largest absolute Gasteiger partial charge is 0.485 e. The van der Waals surface area contributed by atoms with Gasteiger partial charge in [0.15, 0.2) is 0 Å². The smallest absolute Gasteiger partial charge is 0.138 e. The molecule has 0 aliphatic rings. The molecule has 0 heterocycles. The molecule has 0 aromatic heterocycles. The summed E-state index contributed by atoms with van der Waals surface area (Å²) >= 11 is 3.52. The van der Waals surface area contributed by atoms with Gasteiger partial charge in [-0.25, -0.2) is 0 Å². The third-order valence-electron chi connectivity index (χ3n) is 2.48. The minimum absolute atomic E-state index is 0.0126. The lowest BCUT2D eigenvalue weighted by molar-refractivity contribution is 0.199. The van der Waals surface area contributed by atoms with Crippen LogP contribution in [0.1, 0.15) is 12.5 Å². The normalized spacial score (nSPS) is 12.2. The fraction of sp³-hybridized carbons (Fsp3) is 0.429. The highest BCUT2D eigenvalue weighted by molar-refractivity contribution is 9.10. The zero-order chi connectivity index (χ0) is 13.4. The highest BCUT2D eigenvalue weighted by Crippen LogP contribution is 2.30. The van der Waals surface area contributed by atoms with E-state index in [9.17, 15) is 0 Å². The van der Waals surface area contributed by atoms with Gasteiger partial charge in [-0.2, -0.15) is 0 Å². The minimum Gasteiger partial charge on any atom is -0.485 e. The minimum atomic E-state index is -0.0126. The predicted molar refractivity (Wildman–Crippen MR) is 78.0 cm³/mol. The standard InChI is InChI=1S/C14H20BrNO2/c1-4-11(2)18-14-12(6-5-7-13(14)15)10-16-8-9-17-3/h4-7,11,16H,1,8-10H2,2-3H3. The number of halogens is 1. The van der Waals surface area contributed by atoms with Gasteiger partial charge in [0.1, 0.15) is 11.9 Å². The molecule has 0 spiro atoms. The van der Waals surface area contributed by atoms with Crippen molar-refractivity contribution in [3.8, 4) is 5.75 Å². The fourth-order valence-corrected chi connectivity index (χ4v) is 1.96. The Labute approximate surface area is 117 Å². The number of methoxy groups -OCH3 is 1. The van der Waals surface area contributed by atoms with E-state index in [1.54, 1.807) is 13.2 Å². The third kappa shape index (κ3) is 4.80. The number of ether oxygens (including phenoxy) is 2. The Morgan fingerprint density at radius 1 is 1.50 bits per heavy atom. The lowest BCUT2D eigenvalue weighted by atomic mass is 10.2. The molecule has 0 bridgehead atoms. The number of para-hydroxylation sites is 1. The van der Waals surface area contributed by atoms with Crippen LogP contribution in [0, 0.1) is 0 Å². The van der Waals surface area contributed by atoms with Gasteiger partial charge in [0.05, 0.1) is 11.1 Å². The highest BCUT2D eigenvalue weighted by Gasteiger charge is 2.09. The molecule has 1 N–H and O–H groups in total. The maximum Gasteiger partial charge on any atom is 0.138 e. The van der Waals surface area contributed by atoms with Gasteiger partial charge in [0, 0.05) is 25.8 Å². The summed E-state index contributed by atoms with van der Waals surface area (Å²) < 4.78 is 11.8. The van der Waals surface area contributed by atoms with Crippen LogP contribution in [0.25, 0.3) is 0 Å². The van der Waals surface area contributed by atoms with E-state index in [0.717, 1.165) is 28.9 Å². The fourth-order valence-electron chi connectivity index (χ4n) is 1.46. The van der Waals surface area contributed by atoms with Crippen molar-refractivity contribution in [3.05, 3.63) is 40.9 Å². The quantitative estimate of drug-likeness (QED) is 0.591. The van der Waals surface area contributed by atoms with Crippen molar-refractivity contribution in [3.63, 3.8) is 0 Å². The van der Waals surface area contributed by atoms with Crippen molar-refractivity contribution < 1.29 is 9.47 Å². The first-order valence-corrected chi connectivity index (χ1v) is 6.74. The predicted octanol–water partition coefficient (Wildman–Crippen LogP) is 3.14. The topological polar surface area (TPSA) is 30.5 Å². The second-order valence-electron chi connectivity index (χ2n) is 3.96. The molecule has 0 amide bonds. The summed E-state index contributed by atoms with van der Waals surface area (Å²) in [5.74, 6) is 0.870. The van der Waals surface area contributed by atoms with Gasteiger partial charge in [-0.3, -0.25) is 0 Å². The van der Waals surface area contributed by atoms with Crippen molar-refractivity contribution in [2.24, 2.45) is 0 Å². The average Bonchev–Trinajstić information content (AvgIpc) is 2.38. The second kappa shape index (κ2) is 8.29. The van der Waals surface area contributed by atoms with Crippen molar-refractivity contribution >= 4 is 15.9 Å². The van der Waals surface area contributed by atoms with Crippen LogP contribution in [0.3, 0.4) is 0 Å². The first kappa shape index (κ1) is 15.2. The van der Waals surface area contributed by atoms with E-state index in [2.05, 4.69) is 33.9 Å². The van der Waals surface area contributed by atoms with Gasteiger partial charge in [-0.05, 0) is 28.9 Å². The van der Waals surface area contributed by atoms with Crippen LogP contribution in [-0.2, 0) is 11.3 Å². The molecule has 4 heteroatoms. The number of hydrogen-bond donors (Lipinski definition) is 1. The monoisotopic (exact) mass is 313 g/mol. The van der Waals surface area contributed by atoms with Crippen LogP contribution < -0.4 is 10.1 Å². The number of rotatable bonds is 8. The van der Waals surface area contributed by atoms with E-state index in [4.69, 9.17) is 9.47 Å². The molecule has 1 aromatic carbocycles. The zero-order valence-electron chi connectivity index (χ0n) is 10.9. The summed E-state index contributed by atoms with van der Waals surface area (Å²) in [6.45, 7) is 7.97. The molecule has 100 valence electrons. The molecular weight excluding hydrogens is 294 g/mol. The molecule has 0 radical (unpaired) electrons. The first-order valence-electron chi connectivity index (χ1n) is 5.95. The molecule has 0 aliphatic heterocycles. The third-order valence-corrected chi connectivity index (χ3v) is 3.11. The Hall–Kier alpha value is -0.840. The van der Waals surface area contributed by atoms with Gasteiger partial charge in [0.25, 0.3) is 0 Å². The van der Waals surface area contributed by atoms with E-state index < -0.39 is 0 Å². The molecule has 1 aromatic rings. The van der Waals surface area contributed by atoms with Crippen LogP contribution >= 0.6 is 15.9 Å². The number of nitrogens with one attached hydrogen (secondary N) is 1. The van der Waals surface area contributed by atoms with Crippen LogP contribution in [0.2, 0.25) is 0 Å². The molecular formula is C14H20BrNO2. The van der Waals surface area contributed by atoms with E-state index in [1.807, 2.05) is 19.1 Å². The van der Waals surface area contributed by atoms with E-state index in [1.165, 1.54) is 0 Å². The second-order valence-corrected chi connectivity index (χ2v) is 4.81. The summed E-state index contributed by atoms with van der Waals surface area (Å²) in [6.07, 6.45) is 1.77. The molecule has 1 atom stereocenters. The highest BCUT2D eigenvalue weighted by atomic mass is 79.9. The Morgan fingerprint density at radius 2 is 2.28 bits per heavy atom.